The van der Waals surface area contributed by atoms with Crippen LogP contribution in [0.3, 0.4) is 0 Å². The minimum atomic E-state index is 0.662. The van der Waals surface area contributed by atoms with Crippen molar-refractivity contribution < 1.29 is 4.52 Å². The van der Waals surface area contributed by atoms with Gasteiger partial charge in [0.2, 0.25) is 5.89 Å². The van der Waals surface area contributed by atoms with Crippen molar-refractivity contribution >= 4 is 0 Å². The Balaban J connectivity index is 1.74. The number of aromatic nitrogens is 4. The Bertz CT molecular complexity index is 434. The summed E-state index contributed by atoms with van der Waals surface area (Å²) < 4.78 is 6.77. The van der Waals surface area contributed by atoms with Gasteiger partial charge in [0.1, 0.15) is 0 Å². The van der Waals surface area contributed by atoms with E-state index in [-0.39, 0.29) is 0 Å². The summed E-state index contributed by atoms with van der Waals surface area (Å²) >= 11 is 0. The molecular formula is C10H15N5O. The van der Waals surface area contributed by atoms with E-state index in [9.17, 15) is 0 Å². The zero-order chi connectivity index (χ0) is 11.4. The first kappa shape index (κ1) is 10.8. The summed E-state index contributed by atoms with van der Waals surface area (Å²) in [6, 6.07) is 0. The fourth-order valence-electron chi connectivity index (χ4n) is 1.44. The molecule has 2 aromatic rings. The largest absolute Gasteiger partial charge is 0.340 e. The van der Waals surface area contributed by atoms with Gasteiger partial charge in [0, 0.05) is 37.8 Å². The van der Waals surface area contributed by atoms with Crippen LogP contribution in [0.5, 0.6) is 0 Å². The summed E-state index contributed by atoms with van der Waals surface area (Å²) in [6.07, 6.45) is 4.05. The molecule has 0 unspecified atom stereocenters. The lowest BCUT2D eigenvalue weighted by atomic mass is 10.2. The van der Waals surface area contributed by atoms with Crippen LogP contribution in [0.2, 0.25) is 0 Å². The third kappa shape index (κ3) is 2.46. The molecule has 16 heavy (non-hydrogen) atoms. The van der Waals surface area contributed by atoms with Crippen molar-refractivity contribution in [3.8, 4) is 0 Å². The third-order valence-electron chi connectivity index (χ3n) is 2.57. The summed E-state index contributed by atoms with van der Waals surface area (Å²) in [5, 5.41) is 11.0. The zero-order valence-corrected chi connectivity index (χ0v) is 9.47. The Morgan fingerprint density at radius 2 is 2.38 bits per heavy atom. The molecule has 0 aliphatic heterocycles. The molecule has 0 radical (unpaired) electrons. The van der Waals surface area contributed by atoms with Crippen molar-refractivity contribution in [2.45, 2.75) is 19.9 Å². The van der Waals surface area contributed by atoms with Crippen molar-refractivity contribution in [3.05, 3.63) is 29.7 Å². The minimum absolute atomic E-state index is 0.662. The second-order valence-electron chi connectivity index (χ2n) is 3.64. The number of hydrogen-bond acceptors (Lipinski definition) is 5. The van der Waals surface area contributed by atoms with E-state index < -0.39 is 0 Å². The van der Waals surface area contributed by atoms with E-state index in [1.165, 1.54) is 17.6 Å². The van der Waals surface area contributed by atoms with Crippen LogP contribution >= 0.6 is 0 Å². The second-order valence-corrected chi connectivity index (χ2v) is 3.64. The van der Waals surface area contributed by atoms with Crippen LogP contribution in [0.25, 0.3) is 0 Å². The minimum Gasteiger partial charge on any atom is -0.340 e. The molecule has 0 atom stereocenters. The lowest BCUT2D eigenvalue weighted by molar-refractivity contribution is 0.375. The van der Waals surface area contributed by atoms with Gasteiger partial charge in [0.15, 0.2) is 6.33 Å². The Morgan fingerprint density at radius 3 is 3.00 bits per heavy atom. The van der Waals surface area contributed by atoms with E-state index in [1.54, 1.807) is 0 Å². The van der Waals surface area contributed by atoms with Gasteiger partial charge in [-0.05, 0) is 6.92 Å². The van der Waals surface area contributed by atoms with Crippen LogP contribution in [0.1, 0.15) is 17.1 Å². The Labute approximate surface area is 93.7 Å². The van der Waals surface area contributed by atoms with E-state index >= 15 is 0 Å². The maximum absolute atomic E-state index is 4.90. The van der Waals surface area contributed by atoms with Crippen LogP contribution in [0.15, 0.2) is 17.0 Å². The zero-order valence-electron chi connectivity index (χ0n) is 9.47. The molecule has 0 amide bonds. The smallest absolute Gasteiger partial charge is 0.227 e. The quantitative estimate of drug-likeness (QED) is 0.742. The molecule has 86 valence electrons. The van der Waals surface area contributed by atoms with Gasteiger partial charge in [-0.1, -0.05) is 5.16 Å². The number of nitrogens with one attached hydrogen (secondary N) is 1. The van der Waals surface area contributed by atoms with Crippen LogP contribution in [0, 0.1) is 6.92 Å². The highest BCUT2D eigenvalue weighted by atomic mass is 16.5. The van der Waals surface area contributed by atoms with Crippen LogP contribution < -0.4 is 5.32 Å². The normalized spacial score (nSPS) is 10.9. The second kappa shape index (κ2) is 4.89. The van der Waals surface area contributed by atoms with Gasteiger partial charge < -0.3 is 9.84 Å². The molecule has 0 bridgehead atoms. The lowest BCUT2D eigenvalue weighted by Gasteiger charge is -2.02. The molecule has 0 aliphatic rings. The van der Waals surface area contributed by atoms with Gasteiger partial charge in [0.05, 0.1) is 6.20 Å². The van der Waals surface area contributed by atoms with Crippen LogP contribution in [-0.4, -0.2) is 26.5 Å². The van der Waals surface area contributed by atoms with Crippen LogP contribution in [-0.2, 0) is 20.0 Å². The molecular weight excluding hydrogens is 206 g/mol. The van der Waals surface area contributed by atoms with Gasteiger partial charge in [-0.2, -0.15) is 10.1 Å². The highest BCUT2D eigenvalue weighted by molar-refractivity contribution is 5.15. The molecule has 2 rings (SSSR count). The number of aryl methyl sites for hydroxylation is 1. The van der Waals surface area contributed by atoms with Gasteiger partial charge in [-0.3, -0.25) is 4.68 Å². The third-order valence-corrected chi connectivity index (χ3v) is 2.57. The van der Waals surface area contributed by atoms with Crippen molar-refractivity contribution in [1.82, 2.24) is 25.2 Å². The Hall–Kier alpha value is -1.69. The van der Waals surface area contributed by atoms with E-state index in [0.29, 0.717) is 5.89 Å². The first-order chi connectivity index (χ1) is 7.77. The van der Waals surface area contributed by atoms with Crippen molar-refractivity contribution in [3.63, 3.8) is 0 Å². The van der Waals surface area contributed by atoms with E-state index in [0.717, 1.165) is 19.5 Å². The predicted octanol–water partition coefficient (Wildman–Crippen LogP) is 0.444. The average Bonchev–Trinajstić information content (AvgIpc) is 2.88. The highest BCUT2D eigenvalue weighted by Gasteiger charge is 2.03. The summed E-state index contributed by atoms with van der Waals surface area (Å²) in [5.41, 5.74) is 2.40. The van der Waals surface area contributed by atoms with Gasteiger partial charge >= 0.3 is 0 Å². The SMILES string of the molecule is Cc1c(CNCCc2ncno2)cnn1C. The summed E-state index contributed by atoms with van der Waals surface area (Å²) in [4.78, 5) is 3.95. The van der Waals surface area contributed by atoms with E-state index in [4.69, 9.17) is 4.52 Å². The average molecular weight is 221 g/mol. The van der Waals surface area contributed by atoms with Crippen molar-refractivity contribution in [1.29, 1.82) is 0 Å². The molecule has 0 aromatic carbocycles. The summed E-state index contributed by atoms with van der Waals surface area (Å²) in [6.45, 7) is 3.69. The molecule has 0 fully saturated rings. The van der Waals surface area contributed by atoms with E-state index in [2.05, 4.69) is 27.5 Å². The first-order valence-electron chi connectivity index (χ1n) is 5.21. The molecule has 0 aliphatic carbocycles. The molecule has 1 N–H and O–H groups in total. The molecule has 0 spiro atoms. The first-order valence-corrected chi connectivity index (χ1v) is 5.21. The monoisotopic (exact) mass is 221 g/mol. The molecule has 2 heterocycles. The lowest BCUT2D eigenvalue weighted by Crippen LogP contribution is -2.17. The fourth-order valence-corrected chi connectivity index (χ4v) is 1.44. The summed E-state index contributed by atoms with van der Waals surface area (Å²) in [5.74, 6) is 0.662. The number of nitrogens with zero attached hydrogens (tertiary/aromatic N) is 4. The number of rotatable bonds is 5. The molecule has 2 aromatic heterocycles. The van der Waals surface area contributed by atoms with Crippen molar-refractivity contribution in [2.24, 2.45) is 7.05 Å². The fraction of sp³-hybridized carbons (Fsp3) is 0.500. The van der Waals surface area contributed by atoms with E-state index in [1.807, 2.05) is 17.9 Å². The maximum Gasteiger partial charge on any atom is 0.227 e. The summed E-state index contributed by atoms with van der Waals surface area (Å²) in [7, 11) is 1.94. The number of hydrogen-bond donors (Lipinski definition) is 1. The Kier molecular flexibility index (Phi) is 3.31. The standard InChI is InChI=1S/C10H15N5O/c1-8-9(6-13-15(8)2)5-11-4-3-10-12-7-14-16-10/h6-7,11H,3-5H2,1-2H3. The predicted molar refractivity (Wildman–Crippen MR) is 57.7 cm³/mol. The van der Waals surface area contributed by atoms with Gasteiger partial charge in [0.25, 0.3) is 0 Å². The Morgan fingerprint density at radius 1 is 1.50 bits per heavy atom. The van der Waals surface area contributed by atoms with Crippen molar-refractivity contribution in [2.75, 3.05) is 6.54 Å². The van der Waals surface area contributed by atoms with Gasteiger partial charge in [-0.15, -0.1) is 0 Å². The molecule has 0 saturated heterocycles. The molecule has 6 nitrogen and oxygen atoms in total. The van der Waals surface area contributed by atoms with Crippen LogP contribution in [0.4, 0.5) is 0 Å². The topological polar surface area (TPSA) is 68.8 Å². The molecule has 0 saturated carbocycles. The molecule has 6 heteroatoms. The van der Waals surface area contributed by atoms with Gasteiger partial charge in [-0.25, -0.2) is 0 Å². The maximum atomic E-state index is 4.90. The highest BCUT2D eigenvalue weighted by Crippen LogP contribution is 2.04.